The lowest BCUT2D eigenvalue weighted by atomic mass is 9.99. The molecule has 3 unspecified atom stereocenters. The van der Waals surface area contributed by atoms with Crippen LogP contribution in [0.4, 0.5) is 0 Å². The van der Waals surface area contributed by atoms with Crippen molar-refractivity contribution in [3.63, 3.8) is 0 Å². The largest absolute Gasteiger partial charge is 0.472 e. The average Bonchev–Trinajstić information content (AvgIpc) is 1.46. The number of carbonyl (C=O) groups excluding carboxylic acids is 4. The number of aliphatic hydroxyl groups is 1. The van der Waals surface area contributed by atoms with Gasteiger partial charge in [0.05, 0.1) is 26.4 Å². The summed E-state index contributed by atoms with van der Waals surface area (Å²) in [5, 5.41) is 10.6. The zero-order valence-corrected chi connectivity index (χ0v) is 64.1. The highest BCUT2D eigenvalue weighted by molar-refractivity contribution is 7.47. The van der Waals surface area contributed by atoms with Crippen molar-refractivity contribution in [2.75, 3.05) is 39.6 Å². The van der Waals surface area contributed by atoms with Gasteiger partial charge in [0, 0.05) is 25.7 Å². The van der Waals surface area contributed by atoms with Crippen molar-refractivity contribution in [1.29, 1.82) is 0 Å². The van der Waals surface area contributed by atoms with Gasteiger partial charge in [0.15, 0.2) is 12.2 Å². The van der Waals surface area contributed by atoms with E-state index < -0.39 is 97.5 Å². The first kappa shape index (κ1) is 93.1. The second-order valence-corrected chi connectivity index (χ2v) is 32.0. The number of hydrogen-bond donors (Lipinski definition) is 3. The molecule has 19 heteroatoms. The molecule has 0 fully saturated rings. The van der Waals surface area contributed by atoms with E-state index in [0.29, 0.717) is 31.6 Å². The van der Waals surface area contributed by atoms with Crippen LogP contribution in [0.5, 0.6) is 0 Å². The predicted octanol–water partition coefficient (Wildman–Crippen LogP) is 22.0. The molecule has 0 amide bonds. The maximum absolute atomic E-state index is 13.1. The van der Waals surface area contributed by atoms with Gasteiger partial charge in [0.1, 0.15) is 19.3 Å². The topological polar surface area (TPSA) is 237 Å². The van der Waals surface area contributed by atoms with E-state index in [1.54, 1.807) is 0 Å². The van der Waals surface area contributed by atoms with Crippen LogP contribution in [0.15, 0.2) is 0 Å². The van der Waals surface area contributed by atoms with Crippen LogP contribution in [-0.2, 0) is 65.4 Å². The third-order valence-corrected chi connectivity index (χ3v) is 19.8. The third-order valence-electron chi connectivity index (χ3n) is 17.9. The van der Waals surface area contributed by atoms with Crippen LogP contribution in [0.25, 0.3) is 0 Å². The lowest BCUT2D eigenvalue weighted by Crippen LogP contribution is -2.30. The second-order valence-electron chi connectivity index (χ2n) is 29.1. The summed E-state index contributed by atoms with van der Waals surface area (Å²) in [6, 6.07) is 0. The van der Waals surface area contributed by atoms with Crippen molar-refractivity contribution in [2.24, 2.45) is 23.7 Å². The summed E-state index contributed by atoms with van der Waals surface area (Å²) in [5.74, 6) is 0.902. The van der Waals surface area contributed by atoms with Crippen molar-refractivity contribution in [3.05, 3.63) is 0 Å². The van der Waals surface area contributed by atoms with Crippen molar-refractivity contribution in [2.45, 2.75) is 401 Å². The first-order valence-electron chi connectivity index (χ1n) is 39.2. The van der Waals surface area contributed by atoms with E-state index in [2.05, 4.69) is 55.4 Å². The lowest BCUT2D eigenvalue weighted by Gasteiger charge is -2.21. The molecule has 0 aliphatic heterocycles. The number of rotatable bonds is 73. The lowest BCUT2D eigenvalue weighted by molar-refractivity contribution is -0.161. The molecule has 6 atom stereocenters. The van der Waals surface area contributed by atoms with Gasteiger partial charge in [0.25, 0.3) is 0 Å². The Balaban J connectivity index is 5.20. The summed E-state index contributed by atoms with van der Waals surface area (Å²) in [4.78, 5) is 72.7. The number of aliphatic hydroxyl groups excluding tert-OH is 1. The Kier molecular flexibility index (Phi) is 64.0. The van der Waals surface area contributed by atoms with Crippen LogP contribution in [0.3, 0.4) is 0 Å². The summed E-state index contributed by atoms with van der Waals surface area (Å²) >= 11 is 0. The number of esters is 4. The van der Waals surface area contributed by atoms with Crippen LogP contribution in [0.2, 0.25) is 0 Å². The fourth-order valence-electron chi connectivity index (χ4n) is 11.5. The van der Waals surface area contributed by atoms with E-state index in [0.717, 1.165) is 114 Å². The van der Waals surface area contributed by atoms with Crippen molar-refractivity contribution < 1.29 is 80.2 Å². The van der Waals surface area contributed by atoms with Gasteiger partial charge in [-0.05, 0) is 49.4 Å². The van der Waals surface area contributed by atoms with Gasteiger partial charge in [-0.1, -0.05) is 331 Å². The quantitative estimate of drug-likeness (QED) is 0.0222. The smallest absolute Gasteiger partial charge is 0.462 e. The molecule has 0 aromatic heterocycles. The number of phosphoric ester groups is 2. The van der Waals surface area contributed by atoms with Crippen LogP contribution in [0.1, 0.15) is 383 Å². The summed E-state index contributed by atoms with van der Waals surface area (Å²) < 4.78 is 68.4. The molecular formula is C76H148O17P2. The Hall–Kier alpha value is -1.94. The zero-order chi connectivity index (χ0) is 70.3. The molecule has 95 heavy (non-hydrogen) atoms. The normalized spacial score (nSPS) is 14.4. The van der Waals surface area contributed by atoms with Crippen LogP contribution >= 0.6 is 15.6 Å². The Morgan fingerprint density at radius 2 is 0.505 bits per heavy atom. The van der Waals surface area contributed by atoms with Gasteiger partial charge in [-0.15, -0.1) is 0 Å². The maximum Gasteiger partial charge on any atom is 0.472 e. The molecule has 0 aromatic rings. The summed E-state index contributed by atoms with van der Waals surface area (Å²) in [6.07, 6.45) is 50.2. The van der Waals surface area contributed by atoms with E-state index in [4.69, 9.17) is 37.0 Å². The number of carbonyl (C=O) groups is 4. The van der Waals surface area contributed by atoms with Gasteiger partial charge in [-0.2, -0.15) is 0 Å². The molecule has 0 radical (unpaired) electrons. The third kappa shape index (κ3) is 69.0. The summed E-state index contributed by atoms with van der Waals surface area (Å²) in [7, 11) is -9.91. The van der Waals surface area contributed by atoms with Crippen LogP contribution in [-0.4, -0.2) is 96.7 Å². The Morgan fingerprint density at radius 1 is 0.295 bits per heavy atom. The van der Waals surface area contributed by atoms with Crippen LogP contribution in [0, 0.1) is 23.7 Å². The summed E-state index contributed by atoms with van der Waals surface area (Å²) in [6.45, 7) is 14.1. The molecule has 0 saturated carbocycles. The minimum Gasteiger partial charge on any atom is -0.462 e. The molecule has 3 N–H and O–H groups in total. The first-order valence-corrected chi connectivity index (χ1v) is 42.2. The molecule has 0 aliphatic carbocycles. The van der Waals surface area contributed by atoms with Crippen LogP contribution < -0.4 is 0 Å². The monoisotopic (exact) mass is 1400 g/mol. The minimum atomic E-state index is -4.96. The molecule has 0 heterocycles. The summed E-state index contributed by atoms with van der Waals surface area (Å²) in [5.41, 5.74) is 0. The standard InChI is InChI=1S/C76H148O17P2/c1-9-69(8)55-47-39-30-23-20-21-24-31-40-48-56-73(78)86-62-71(92-75(80)58-50-42-32-25-19-17-15-13-11-10-12-14-16-18-22-28-36-44-52-66(2)3)64-90-94(82,83)88-60-70(77)61-89-95(84,85)91-65-72(63-87-74(79)57-49-41-35-34-38-46-54-68(6)7)93-76(81)59-51-43-33-27-26-29-37-45-53-67(4)5/h66-72,77H,9-65H2,1-8H3,(H,82,83)(H,84,85)/t69?,70-,71-,72-/m1/s1. The highest BCUT2D eigenvalue weighted by Gasteiger charge is 2.30. The highest BCUT2D eigenvalue weighted by Crippen LogP contribution is 2.45. The SMILES string of the molecule is CCC(C)CCCCCCCCCCCCC(=O)OC[C@H](COP(=O)(O)OC[C@@H](O)COP(=O)(O)OC[C@@H](COC(=O)CCCCCCCCC(C)C)OC(=O)CCCCCCCCCCC(C)C)OC(=O)CCCCCCCCCCCCCCCCCCCCC(C)C. The maximum atomic E-state index is 13.1. The van der Waals surface area contributed by atoms with Gasteiger partial charge in [-0.3, -0.25) is 37.3 Å². The van der Waals surface area contributed by atoms with E-state index in [9.17, 15) is 43.2 Å². The molecule has 17 nitrogen and oxygen atoms in total. The first-order chi connectivity index (χ1) is 45.6. The van der Waals surface area contributed by atoms with E-state index in [-0.39, 0.29) is 25.7 Å². The van der Waals surface area contributed by atoms with Gasteiger partial charge in [-0.25, -0.2) is 9.13 Å². The molecule has 0 aromatic carbocycles. The molecule has 0 spiro atoms. The molecule has 564 valence electrons. The van der Waals surface area contributed by atoms with Gasteiger partial charge >= 0.3 is 39.5 Å². The Morgan fingerprint density at radius 3 is 0.747 bits per heavy atom. The van der Waals surface area contributed by atoms with E-state index in [1.165, 1.54) is 180 Å². The van der Waals surface area contributed by atoms with Crippen molar-refractivity contribution >= 4 is 39.5 Å². The number of ether oxygens (including phenoxy) is 4. The van der Waals surface area contributed by atoms with Gasteiger partial charge in [0.2, 0.25) is 0 Å². The molecular weight excluding hydrogens is 1250 g/mol. The zero-order valence-electron chi connectivity index (χ0n) is 62.3. The number of hydrogen-bond acceptors (Lipinski definition) is 15. The highest BCUT2D eigenvalue weighted by atomic mass is 31.2. The van der Waals surface area contributed by atoms with Crippen molar-refractivity contribution in [3.8, 4) is 0 Å². The Bertz CT molecular complexity index is 1870. The fraction of sp³-hybridized carbons (Fsp3) is 0.947. The fourth-order valence-corrected chi connectivity index (χ4v) is 13.1. The molecule has 0 bridgehead atoms. The average molecular weight is 1400 g/mol. The van der Waals surface area contributed by atoms with E-state index >= 15 is 0 Å². The molecule has 0 aliphatic rings. The number of phosphoric acid groups is 2. The minimum absolute atomic E-state index is 0.103. The van der Waals surface area contributed by atoms with Crippen molar-refractivity contribution in [1.82, 2.24) is 0 Å². The van der Waals surface area contributed by atoms with E-state index in [1.807, 2.05) is 0 Å². The molecule has 0 rings (SSSR count). The van der Waals surface area contributed by atoms with Gasteiger partial charge < -0.3 is 33.8 Å². The predicted molar refractivity (Wildman–Crippen MR) is 386 cm³/mol. The second kappa shape index (κ2) is 65.4. The molecule has 0 saturated heterocycles. The Labute approximate surface area is 581 Å². The number of unbranched alkanes of at least 4 members (excludes halogenated alkanes) is 38.